The Morgan fingerprint density at radius 3 is 2.63 bits per heavy atom. The largest absolute Gasteiger partial charge is 0.478 e. The first-order valence-corrected chi connectivity index (χ1v) is 7.21. The summed E-state index contributed by atoms with van der Waals surface area (Å²) in [5.41, 5.74) is 1.51. The summed E-state index contributed by atoms with van der Waals surface area (Å²) in [6, 6.07) is 7.76. The predicted molar refractivity (Wildman–Crippen MR) is 76.3 cm³/mol. The van der Waals surface area contributed by atoms with Crippen LogP contribution in [0, 0.1) is 5.92 Å². The van der Waals surface area contributed by atoms with Crippen LogP contribution >= 0.6 is 0 Å². The SMILES string of the molecule is CC1CCCC(NCc2ccc(C(=O)O)cc2)CC1. The minimum absolute atomic E-state index is 0.354. The zero-order valence-electron chi connectivity index (χ0n) is 11.6. The number of hydrogen-bond donors (Lipinski definition) is 2. The number of hydrogen-bond acceptors (Lipinski definition) is 2. The zero-order chi connectivity index (χ0) is 13.7. The van der Waals surface area contributed by atoms with Gasteiger partial charge in [0.05, 0.1) is 5.56 Å². The molecule has 2 N–H and O–H groups in total. The number of rotatable bonds is 4. The quantitative estimate of drug-likeness (QED) is 0.816. The fourth-order valence-electron chi connectivity index (χ4n) is 2.72. The highest BCUT2D eigenvalue weighted by Gasteiger charge is 2.15. The van der Waals surface area contributed by atoms with Gasteiger partial charge < -0.3 is 10.4 Å². The number of aromatic carboxylic acids is 1. The van der Waals surface area contributed by atoms with Crippen LogP contribution in [0.1, 0.15) is 54.9 Å². The lowest BCUT2D eigenvalue weighted by atomic mass is 10.0. The summed E-state index contributed by atoms with van der Waals surface area (Å²) in [4.78, 5) is 10.8. The van der Waals surface area contributed by atoms with Crippen LogP contribution < -0.4 is 5.32 Å². The van der Waals surface area contributed by atoms with Gasteiger partial charge in [-0.25, -0.2) is 4.79 Å². The molecule has 1 aliphatic carbocycles. The van der Waals surface area contributed by atoms with E-state index in [1.165, 1.54) is 32.1 Å². The highest BCUT2D eigenvalue weighted by molar-refractivity contribution is 5.87. The Balaban J connectivity index is 1.83. The number of carboxylic acids is 1. The van der Waals surface area contributed by atoms with Crippen molar-refractivity contribution in [2.45, 2.75) is 51.6 Å². The van der Waals surface area contributed by atoms with Crippen molar-refractivity contribution in [3.8, 4) is 0 Å². The van der Waals surface area contributed by atoms with Crippen LogP contribution in [0.5, 0.6) is 0 Å². The van der Waals surface area contributed by atoms with E-state index in [-0.39, 0.29) is 0 Å². The van der Waals surface area contributed by atoms with Crippen LogP contribution in [0.15, 0.2) is 24.3 Å². The summed E-state index contributed by atoms with van der Waals surface area (Å²) < 4.78 is 0. The Bertz CT molecular complexity index is 413. The van der Waals surface area contributed by atoms with Crippen molar-refractivity contribution < 1.29 is 9.90 Å². The number of carbonyl (C=O) groups is 1. The van der Waals surface area contributed by atoms with E-state index in [0.29, 0.717) is 11.6 Å². The van der Waals surface area contributed by atoms with Crippen LogP contribution in [0.25, 0.3) is 0 Å². The fourth-order valence-corrected chi connectivity index (χ4v) is 2.72. The maximum absolute atomic E-state index is 10.8. The Hall–Kier alpha value is -1.35. The minimum atomic E-state index is -0.864. The van der Waals surface area contributed by atoms with Crippen LogP contribution in [0.4, 0.5) is 0 Å². The Morgan fingerprint density at radius 2 is 1.95 bits per heavy atom. The van der Waals surface area contributed by atoms with E-state index >= 15 is 0 Å². The van der Waals surface area contributed by atoms with Crippen molar-refractivity contribution in [1.29, 1.82) is 0 Å². The second-order valence-corrected chi connectivity index (χ2v) is 5.69. The lowest BCUT2D eigenvalue weighted by Crippen LogP contribution is -2.27. The lowest BCUT2D eigenvalue weighted by molar-refractivity contribution is 0.0697. The summed E-state index contributed by atoms with van der Waals surface area (Å²) in [6.07, 6.45) is 6.50. The molecular formula is C16H23NO2. The van der Waals surface area contributed by atoms with Crippen molar-refractivity contribution in [1.82, 2.24) is 5.32 Å². The van der Waals surface area contributed by atoms with Gasteiger partial charge in [0.1, 0.15) is 0 Å². The molecule has 0 aliphatic heterocycles. The maximum Gasteiger partial charge on any atom is 0.335 e. The van der Waals surface area contributed by atoms with Crippen molar-refractivity contribution in [2.24, 2.45) is 5.92 Å². The van der Waals surface area contributed by atoms with Gasteiger partial charge in [-0.2, -0.15) is 0 Å². The third kappa shape index (κ3) is 4.35. The minimum Gasteiger partial charge on any atom is -0.478 e. The molecule has 3 nitrogen and oxygen atoms in total. The van der Waals surface area contributed by atoms with E-state index < -0.39 is 5.97 Å². The van der Waals surface area contributed by atoms with Crippen LogP contribution in [-0.4, -0.2) is 17.1 Å². The van der Waals surface area contributed by atoms with Gasteiger partial charge in [-0.05, 0) is 42.9 Å². The van der Waals surface area contributed by atoms with E-state index in [4.69, 9.17) is 5.11 Å². The fraction of sp³-hybridized carbons (Fsp3) is 0.562. The third-order valence-electron chi connectivity index (χ3n) is 4.05. The van der Waals surface area contributed by atoms with Gasteiger partial charge in [-0.15, -0.1) is 0 Å². The Kier molecular flexibility index (Phi) is 4.97. The van der Waals surface area contributed by atoms with Crippen LogP contribution in [0.2, 0.25) is 0 Å². The molecule has 19 heavy (non-hydrogen) atoms. The molecule has 0 saturated heterocycles. The molecule has 1 fully saturated rings. The smallest absolute Gasteiger partial charge is 0.335 e. The molecule has 0 amide bonds. The molecule has 0 aromatic heterocycles. The summed E-state index contributed by atoms with van der Waals surface area (Å²) in [6.45, 7) is 3.17. The molecule has 1 aromatic carbocycles. The Labute approximate surface area is 115 Å². The molecule has 0 heterocycles. The topological polar surface area (TPSA) is 49.3 Å². The number of nitrogens with one attached hydrogen (secondary N) is 1. The van der Waals surface area contributed by atoms with E-state index in [0.717, 1.165) is 18.0 Å². The standard InChI is InChI=1S/C16H23NO2/c1-12-3-2-4-15(10-5-12)17-11-13-6-8-14(9-7-13)16(18)19/h6-9,12,15,17H,2-5,10-11H2,1H3,(H,18,19). The van der Waals surface area contributed by atoms with Gasteiger partial charge >= 0.3 is 5.97 Å². The second kappa shape index (κ2) is 6.71. The van der Waals surface area contributed by atoms with E-state index in [2.05, 4.69) is 12.2 Å². The van der Waals surface area contributed by atoms with Crippen LogP contribution in [0.3, 0.4) is 0 Å². The predicted octanol–water partition coefficient (Wildman–Crippen LogP) is 3.44. The van der Waals surface area contributed by atoms with Gasteiger partial charge in [0.25, 0.3) is 0 Å². The third-order valence-corrected chi connectivity index (χ3v) is 4.05. The van der Waals surface area contributed by atoms with Crippen molar-refractivity contribution in [3.63, 3.8) is 0 Å². The van der Waals surface area contributed by atoms with Crippen molar-refractivity contribution >= 4 is 5.97 Å². The van der Waals surface area contributed by atoms with Crippen LogP contribution in [-0.2, 0) is 6.54 Å². The van der Waals surface area contributed by atoms with E-state index in [9.17, 15) is 4.79 Å². The molecule has 3 heteroatoms. The molecule has 104 valence electrons. The van der Waals surface area contributed by atoms with Gasteiger partial charge in [0.2, 0.25) is 0 Å². The first kappa shape index (κ1) is 14.1. The van der Waals surface area contributed by atoms with Gasteiger partial charge in [-0.1, -0.05) is 31.9 Å². The molecule has 1 saturated carbocycles. The van der Waals surface area contributed by atoms with E-state index in [1.807, 2.05) is 12.1 Å². The average molecular weight is 261 g/mol. The molecule has 0 radical (unpaired) electrons. The van der Waals surface area contributed by atoms with Crippen molar-refractivity contribution in [3.05, 3.63) is 35.4 Å². The summed E-state index contributed by atoms with van der Waals surface area (Å²) >= 11 is 0. The first-order valence-electron chi connectivity index (χ1n) is 7.21. The molecule has 0 bridgehead atoms. The molecule has 2 rings (SSSR count). The molecule has 1 aliphatic rings. The maximum atomic E-state index is 10.8. The normalized spacial score (nSPS) is 23.8. The monoisotopic (exact) mass is 261 g/mol. The van der Waals surface area contributed by atoms with Crippen molar-refractivity contribution in [2.75, 3.05) is 0 Å². The Morgan fingerprint density at radius 1 is 1.21 bits per heavy atom. The first-order chi connectivity index (χ1) is 9.15. The van der Waals surface area contributed by atoms with Gasteiger partial charge in [-0.3, -0.25) is 0 Å². The highest BCUT2D eigenvalue weighted by Crippen LogP contribution is 2.22. The zero-order valence-corrected chi connectivity index (χ0v) is 11.6. The summed E-state index contributed by atoms with van der Waals surface area (Å²) in [7, 11) is 0. The molecule has 2 atom stereocenters. The average Bonchev–Trinajstić information content (AvgIpc) is 2.61. The van der Waals surface area contributed by atoms with Gasteiger partial charge in [0, 0.05) is 12.6 Å². The molecule has 1 aromatic rings. The highest BCUT2D eigenvalue weighted by atomic mass is 16.4. The van der Waals surface area contributed by atoms with E-state index in [1.54, 1.807) is 12.1 Å². The summed E-state index contributed by atoms with van der Waals surface area (Å²) in [5, 5.41) is 12.4. The number of benzene rings is 1. The lowest BCUT2D eigenvalue weighted by Gasteiger charge is -2.16. The second-order valence-electron chi connectivity index (χ2n) is 5.69. The molecule has 2 unspecified atom stereocenters. The summed E-state index contributed by atoms with van der Waals surface area (Å²) in [5.74, 6) is -0.00100. The molecule has 0 spiro atoms. The van der Waals surface area contributed by atoms with Gasteiger partial charge in [0.15, 0.2) is 0 Å². The molecular weight excluding hydrogens is 238 g/mol. The number of carboxylic acid groups (broad SMARTS) is 1.